The van der Waals surface area contributed by atoms with Crippen LogP contribution >= 0.6 is 15.9 Å². The molecule has 114 valence electrons. The van der Waals surface area contributed by atoms with E-state index in [0.29, 0.717) is 10.5 Å². The Morgan fingerprint density at radius 2 is 2.00 bits per heavy atom. The van der Waals surface area contributed by atoms with Crippen molar-refractivity contribution < 1.29 is 4.39 Å². The summed E-state index contributed by atoms with van der Waals surface area (Å²) in [4.78, 5) is 2.45. The van der Waals surface area contributed by atoms with Gasteiger partial charge in [0.1, 0.15) is 5.82 Å². The van der Waals surface area contributed by atoms with Gasteiger partial charge in [-0.05, 0) is 73.0 Å². The van der Waals surface area contributed by atoms with Gasteiger partial charge in [0.05, 0.1) is 4.47 Å². The van der Waals surface area contributed by atoms with Crippen molar-refractivity contribution in [3.63, 3.8) is 0 Å². The Bertz CT molecular complexity index is 394. The van der Waals surface area contributed by atoms with Gasteiger partial charge in [0, 0.05) is 12.6 Å². The molecule has 0 spiro atoms. The minimum Gasteiger partial charge on any atom is -0.310 e. The van der Waals surface area contributed by atoms with Crippen molar-refractivity contribution in [2.24, 2.45) is 0 Å². The second-order valence-electron chi connectivity index (χ2n) is 5.20. The van der Waals surface area contributed by atoms with Crippen molar-refractivity contribution in [2.75, 3.05) is 19.6 Å². The standard InChI is InChI=1S/C16H26BrFN2/c1-4-20(5-2)10-6-7-13(3)19-12-14-8-9-16(18)15(17)11-14/h8-9,11,13,19H,4-7,10,12H2,1-3H3. The SMILES string of the molecule is CCN(CC)CCCC(C)NCc1ccc(F)c(Br)c1. The average molecular weight is 345 g/mol. The molecule has 0 saturated heterocycles. The third-order valence-corrected chi connectivity index (χ3v) is 4.25. The first-order chi connectivity index (χ1) is 9.56. The fourth-order valence-corrected chi connectivity index (χ4v) is 2.63. The van der Waals surface area contributed by atoms with Crippen molar-refractivity contribution in [1.82, 2.24) is 10.2 Å². The molecule has 0 aliphatic carbocycles. The van der Waals surface area contributed by atoms with Gasteiger partial charge in [-0.2, -0.15) is 0 Å². The van der Waals surface area contributed by atoms with E-state index in [0.717, 1.165) is 25.2 Å². The zero-order chi connectivity index (χ0) is 15.0. The van der Waals surface area contributed by atoms with E-state index in [1.54, 1.807) is 0 Å². The highest BCUT2D eigenvalue weighted by Crippen LogP contribution is 2.16. The largest absolute Gasteiger partial charge is 0.310 e. The van der Waals surface area contributed by atoms with E-state index in [2.05, 4.69) is 46.9 Å². The van der Waals surface area contributed by atoms with Crippen molar-refractivity contribution >= 4 is 15.9 Å². The first kappa shape index (κ1) is 17.6. The Balaban J connectivity index is 2.25. The Hall–Kier alpha value is -0.450. The summed E-state index contributed by atoms with van der Waals surface area (Å²) in [5.41, 5.74) is 1.11. The van der Waals surface area contributed by atoms with Crippen molar-refractivity contribution in [2.45, 2.75) is 46.2 Å². The number of nitrogens with one attached hydrogen (secondary N) is 1. The van der Waals surface area contributed by atoms with Gasteiger partial charge in [-0.1, -0.05) is 19.9 Å². The van der Waals surface area contributed by atoms with Crippen LogP contribution in [0.2, 0.25) is 0 Å². The normalized spacial score (nSPS) is 12.9. The molecular formula is C16H26BrFN2. The van der Waals surface area contributed by atoms with Gasteiger partial charge in [-0.15, -0.1) is 0 Å². The molecule has 1 aromatic rings. The summed E-state index contributed by atoms with van der Waals surface area (Å²) in [5.74, 6) is -0.207. The molecule has 0 fully saturated rings. The van der Waals surface area contributed by atoms with Crippen LogP contribution in [0.1, 0.15) is 39.2 Å². The summed E-state index contributed by atoms with van der Waals surface area (Å²) >= 11 is 3.22. The van der Waals surface area contributed by atoms with Crippen LogP contribution in [0.5, 0.6) is 0 Å². The lowest BCUT2D eigenvalue weighted by Gasteiger charge is -2.19. The van der Waals surface area contributed by atoms with Gasteiger partial charge in [0.15, 0.2) is 0 Å². The molecule has 1 atom stereocenters. The highest BCUT2D eigenvalue weighted by molar-refractivity contribution is 9.10. The third-order valence-electron chi connectivity index (χ3n) is 3.64. The Morgan fingerprint density at radius 3 is 2.60 bits per heavy atom. The zero-order valence-corrected chi connectivity index (χ0v) is 14.3. The summed E-state index contributed by atoms with van der Waals surface area (Å²) in [6, 6.07) is 5.65. The number of hydrogen-bond acceptors (Lipinski definition) is 2. The molecular weight excluding hydrogens is 319 g/mol. The molecule has 1 N–H and O–H groups in total. The van der Waals surface area contributed by atoms with Gasteiger partial charge < -0.3 is 10.2 Å². The van der Waals surface area contributed by atoms with Gasteiger partial charge >= 0.3 is 0 Å². The molecule has 4 heteroatoms. The summed E-state index contributed by atoms with van der Waals surface area (Å²) in [5, 5.41) is 3.49. The van der Waals surface area contributed by atoms with Crippen molar-refractivity contribution in [1.29, 1.82) is 0 Å². The molecule has 2 nitrogen and oxygen atoms in total. The number of hydrogen-bond donors (Lipinski definition) is 1. The lowest BCUT2D eigenvalue weighted by Crippen LogP contribution is -2.28. The smallest absolute Gasteiger partial charge is 0.137 e. The maximum Gasteiger partial charge on any atom is 0.137 e. The van der Waals surface area contributed by atoms with E-state index >= 15 is 0 Å². The van der Waals surface area contributed by atoms with Crippen LogP contribution in [0.4, 0.5) is 4.39 Å². The van der Waals surface area contributed by atoms with E-state index in [9.17, 15) is 4.39 Å². The van der Waals surface area contributed by atoms with Gasteiger partial charge in [-0.25, -0.2) is 4.39 Å². The zero-order valence-electron chi connectivity index (χ0n) is 12.8. The topological polar surface area (TPSA) is 15.3 Å². The Morgan fingerprint density at radius 1 is 1.30 bits per heavy atom. The molecule has 1 rings (SSSR count). The van der Waals surface area contributed by atoms with Gasteiger partial charge in [-0.3, -0.25) is 0 Å². The van der Waals surface area contributed by atoms with Crippen molar-refractivity contribution in [3.05, 3.63) is 34.1 Å². The predicted molar refractivity (Wildman–Crippen MR) is 87.4 cm³/mol. The predicted octanol–water partition coefficient (Wildman–Crippen LogP) is 4.19. The van der Waals surface area contributed by atoms with Crippen LogP contribution in [0.3, 0.4) is 0 Å². The second kappa shape index (κ2) is 9.48. The summed E-state index contributed by atoms with van der Waals surface area (Å²) in [7, 11) is 0. The quantitative estimate of drug-likeness (QED) is 0.722. The molecule has 1 aromatic carbocycles. The van der Waals surface area contributed by atoms with Crippen LogP contribution in [0.15, 0.2) is 22.7 Å². The van der Waals surface area contributed by atoms with Crippen molar-refractivity contribution in [3.8, 4) is 0 Å². The molecule has 0 bridgehead atoms. The number of benzene rings is 1. The first-order valence-electron chi connectivity index (χ1n) is 7.46. The van der Waals surface area contributed by atoms with Crippen LogP contribution in [-0.4, -0.2) is 30.6 Å². The molecule has 0 aromatic heterocycles. The van der Waals surface area contributed by atoms with E-state index in [4.69, 9.17) is 0 Å². The highest BCUT2D eigenvalue weighted by atomic mass is 79.9. The average Bonchev–Trinajstić information content (AvgIpc) is 2.45. The molecule has 0 aliphatic rings. The van der Waals surface area contributed by atoms with E-state index in [1.165, 1.54) is 25.5 Å². The van der Waals surface area contributed by atoms with Crippen LogP contribution in [0.25, 0.3) is 0 Å². The highest BCUT2D eigenvalue weighted by Gasteiger charge is 2.05. The van der Waals surface area contributed by atoms with Gasteiger partial charge in [0.2, 0.25) is 0 Å². The number of nitrogens with zero attached hydrogens (tertiary/aromatic N) is 1. The van der Waals surface area contributed by atoms with Crippen LogP contribution in [0, 0.1) is 5.82 Å². The minimum absolute atomic E-state index is 0.207. The number of halogens is 2. The van der Waals surface area contributed by atoms with E-state index in [-0.39, 0.29) is 5.82 Å². The number of rotatable bonds is 9. The summed E-state index contributed by atoms with van der Waals surface area (Å²) in [6.45, 7) is 10.8. The molecule has 0 amide bonds. The maximum atomic E-state index is 13.1. The molecule has 0 radical (unpaired) electrons. The molecule has 0 heterocycles. The van der Waals surface area contributed by atoms with E-state index < -0.39 is 0 Å². The lowest BCUT2D eigenvalue weighted by atomic mass is 10.1. The van der Waals surface area contributed by atoms with Crippen LogP contribution in [-0.2, 0) is 6.54 Å². The monoisotopic (exact) mass is 344 g/mol. The third kappa shape index (κ3) is 6.33. The fourth-order valence-electron chi connectivity index (χ4n) is 2.20. The summed E-state index contributed by atoms with van der Waals surface area (Å²) in [6.07, 6.45) is 2.38. The first-order valence-corrected chi connectivity index (χ1v) is 8.25. The summed E-state index contributed by atoms with van der Waals surface area (Å²) < 4.78 is 13.7. The van der Waals surface area contributed by atoms with Crippen LogP contribution < -0.4 is 5.32 Å². The molecule has 1 unspecified atom stereocenters. The second-order valence-corrected chi connectivity index (χ2v) is 6.05. The Labute approximate surface area is 130 Å². The minimum atomic E-state index is -0.207. The molecule has 20 heavy (non-hydrogen) atoms. The van der Waals surface area contributed by atoms with Gasteiger partial charge in [0.25, 0.3) is 0 Å². The van der Waals surface area contributed by atoms with E-state index in [1.807, 2.05) is 12.1 Å². The molecule has 0 saturated carbocycles. The lowest BCUT2D eigenvalue weighted by molar-refractivity contribution is 0.290. The maximum absolute atomic E-state index is 13.1. The molecule has 0 aliphatic heterocycles. The fraction of sp³-hybridized carbons (Fsp3) is 0.625. The Kier molecular flexibility index (Phi) is 8.34.